The zero-order chi connectivity index (χ0) is 6.24. The molecule has 0 bridgehead atoms. The molecule has 1 heteroatoms. The second-order valence-electron chi connectivity index (χ2n) is 1.08. The Labute approximate surface area is 66.8 Å². The smallest absolute Gasteiger partial charge is 0.697 e. The standard InChI is InChI=1S/C6H5.C2H.Cu/c1-2-4-6-5-3-1;1-2;/h1-5H;1H;/q2*-1;+2. The van der Waals surface area contributed by atoms with Crippen molar-refractivity contribution in [1.29, 1.82) is 0 Å². The first-order valence-corrected chi connectivity index (χ1v) is 2.20. The molecule has 1 aromatic carbocycles. The maximum absolute atomic E-state index is 5.25. The molecular formula is C8H6Cu. The third-order valence-electron chi connectivity index (χ3n) is 0.607. The van der Waals surface area contributed by atoms with Crippen molar-refractivity contribution in [2.45, 2.75) is 0 Å². The molecule has 49 valence electrons. The van der Waals surface area contributed by atoms with Crippen molar-refractivity contribution in [3.8, 4) is 6.42 Å². The monoisotopic (exact) mass is 165 g/mol. The molecule has 1 aromatic rings. The van der Waals surface area contributed by atoms with Crippen LogP contribution < -0.4 is 0 Å². The van der Waals surface area contributed by atoms with Gasteiger partial charge in [-0.2, -0.15) is 36.4 Å². The van der Waals surface area contributed by atoms with Gasteiger partial charge >= 0.3 is 17.1 Å². The van der Waals surface area contributed by atoms with Crippen molar-refractivity contribution in [2.24, 2.45) is 0 Å². The maximum atomic E-state index is 5.25. The van der Waals surface area contributed by atoms with Crippen molar-refractivity contribution < 1.29 is 17.1 Å². The number of terminal acetylenes is 1. The fraction of sp³-hybridized carbons (Fsp3) is 0. The molecule has 0 saturated carbocycles. The average Bonchev–Trinajstić information content (AvgIpc) is 1.96. The van der Waals surface area contributed by atoms with Crippen LogP contribution >= 0.6 is 0 Å². The van der Waals surface area contributed by atoms with Crippen LogP contribution in [0.4, 0.5) is 0 Å². The molecule has 0 nitrogen and oxygen atoms in total. The Bertz CT molecular complexity index is 105. The summed E-state index contributed by atoms with van der Waals surface area (Å²) in [5.41, 5.74) is 0. The van der Waals surface area contributed by atoms with Gasteiger partial charge in [0.15, 0.2) is 0 Å². The Balaban J connectivity index is 0. The van der Waals surface area contributed by atoms with E-state index >= 15 is 0 Å². The first-order chi connectivity index (χ1) is 4.00. The van der Waals surface area contributed by atoms with Crippen LogP contribution in [0.3, 0.4) is 0 Å². The largest absolute Gasteiger partial charge is 2.00 e. The van der Waals surface area contributed by atoms with E-state index in [-0.39, 0.29) is 17.1 Å². The average molecular weight is 166 g/mol. The minimum absolute atomic E-state index is 0. The molecule has 9 heavy (non-hydrogen) atoms. The van der Waals surface area contributed by atoms with Crippen LogP contribution in [0.5, 0.6) is 0 Å². The molecule has 1 rings (SSSR count). The zero-order valence-electron chi connectivity index (χ0n) is 4.77. The first-order valence-electron chi connectivity index (χ1n) is 2.20. The molecule has 0 unspecified atom stereocenters. The molecule has 0 atom stereocenters. The van der Waals surface area contributed by atoms with Gasteiger partial charge in [-0.3, -0.25) is 0 Å². The quantitative estimate of drug-likeness (QED) is 0.312. The fourth-order valence-corrected chi connectivity index (χ4v) is 0.342. The van der Waals surface area contributed by atoms with E-state index in [2.05, 4.69) is 12.5 Å². The second kappa shape index (κ2) is 10.3. The number of rotatable bonds is 0. The molecular weight excluding hydrogens is 160 g/mol. The zero-order valence-corrected chi connectivity index (χ0v) is 5.71. The van der Waals surface area contributed by atoms with Gasteiger partial charge in [0.1, 0.15) is 0 Å². The van der Waals surface area contributed by atoms with Gasteiger partial charge in [0.05, 0.1) is 0 Å². The van der Waals surface area contributed by atoms with Crippen molar-refractivity contribution in [3.05, 3.63) is 42.8 Å². The Morgan fingerprint density at radius 1 is 1.00 bits per heavy atom. The molecule has 0 aliphatic rings. The topological polar surface area (TPSA) is 0 Å². The van der Waals surface area contributed by atoms with Crippen molar-refractivity contribution >= 4 is 0 Å². The molecule has 0 amide bonds. The van der Waals surface area contributed by atoms with E-state index in [9.17, 15) is 0 Å². The molecule has 0 heterocycles. The van der Waals surface area contributed by atoms with Crippen LogP contribution in [0, 0.1) is 18.9 Å². The van der Waals surface area contributed by atoms with Crippen LogP contribution in [0.25, 0.3) is 0 Å². The third kappa shape index (κ3) is 7.30. The van der Waals surface area contributed by atoms with Gasteiger partial charge in [0.2, 0.25) is 0 Å². The Kier molecular flexibility index (Phi) is 12.8. The minimum atomic E-state index is 0. The Hall–Kier alpha value is -0.701. The summed E-state index contributed by atoms with van der Waals surface area (Å²) in [6, 6.07) is 12.5. The van der Waals surface area contributed by atoms with Crippen molar-refractivity contribution in [3.63, 3.8) is 0 Å². The molecule has 0 fully saturated rings. The Morgan fingerprint density at radius 3 is 1.56 bits per heavy atom. The predicted octanol–water partition coefficient (Wildman–Crippen LogP) is 1.69. The molecule has 0 aliphatic carbocycles. The van der Waals surface area contributed by atoms with Crippen LogP contribution in [0.2, 0.25) is 0 Å². The van der Waals surface area contributed by atoms with Gasteiger partial charge in [0.25, 0.3) is 0 Å². The van der Waals surface area contributed by atoms with E-state index in [4.69, 9.17) is 6.42 Å². The van der Waals surface area contributed by atoms with E-state index in [0.717, 1.165) is 0 Å². The van der Waals surface area contributed by atoms with Crippen LogP contribution in [0.1, 0.15) is 0 Å². The minimum Gasteiger partial charge on any atom is -0.697 e. The summed E-state index contributed by atoms with van der Waals surface area (Å²) >= 11 is 0. The van der Waals surface area contributed by atoms with Gasteiger partial charge in [-0.05, 0) is 0 Å². The van der Waals surface area contributed by atoms with Crippen molar-refractivity contribution in [1.82, 2.24) is 0 Å². The molecule has 0 spiro atoms. The fourth-order valence-electron chi connectivity index (χ4n) is 0.342. The van der Waals surface area contributed by atoms with Gasteiger partial charge in [-0.1, -0.05) is 0 Å². The molecule has 0 aliphatic heterocycles. The normalized spacial score (nSPS) is 5.56. The molecule has 1 radical (unpaired) electrons. The van der Waals surface area contributed by atoms with E-state index in [1.165, 1.54) is 0 Å². The summed E-state index contributed by atoms with van der Waals surface area (Å²) in [6.45, 7) is 0. The summed E-state index contributed by atoms with van der Waals surface area (Å²) in [4.78, 5) is 0. The predicted molar refractivity (Wildman–Crippen MR) is 33.5 cm³/mol. The summed E-state index contributed by atoms with van der Waals surface area (Å²) < 4.78 is 0. The number of hydrogen-bond donors (Lipinski definition) is 0. The van der Waals surface area contributed by atoms with Gasteiger partial charge < -0.3 is 12.8 Å². The summed E-state index contributed by atoms with van der Waals surface area (Å²) in [5, 5.41) is 0. The second-order valence-corrected chi connectivity index (χ2v) is 1.08. The van der Waals surface area contributed by atoms with E-state index in [1.807, 2.05) is 30.3 Å². The molecule has 0 N–H and O–H groups in total. The van der Waals surface area contributed by atoms with E-state index in [0.29, 0.717) is 0 Å². The summed E-state index contributed by atoms with van der Waals surface area (Å²) in [5.74, 6) is 0. The summed E-state index contributed by atoms with van der Waals surface area (Å²) in [6.07, 6.45) is 9.00. The first kappa shape index (κ1) is 11.1. The number of benzene rings is 1. The molecule has 0 saturated heterocycles. The molecule has 0 aromatic heterocycles. The van der Waals surface area contributed by atoms with Crippen LogP contribution in [-0.2, 0) is 17.1 Å². The van der Waals surface area contributed by atoms with Gasteiger partial charge in [-0.15, -0.1) is 0 Å². The number of hydrogen-bond acceptors (Lipinski definition) is 0. The Morgan fingerprint density at radius 2 is 1.44 bits per heavy atom. The van der Waals surface area contributed by atoms with Gasteiger partial charge in [-0.25, -0.2) is 0 Å². The maximum Gasteiger partial charge on any atom is 2.00 e. The van der Waals surface area contributed by atoms with Crippen LogP contribution in [0.15, 0.2) is 30.3 Å². The summed E-state index contributed by atoms with van der Waals surface area (Å²) in [7, 11) is 0. The van der Waals surface area contributed by atoms with E-state index in [1.54, 1.807) is 0 Å². The van der Waals surface area contributed by atoms with Gasteiger partial charge in [0, 0.05) is 0 Å². The SMILES string of the molecule is [C-]#C.[Cu+2].[c-]1ccccc1. The third-order valence-corrected chi connectivity index (χ3v) is 0.607. The van der Waals surface area contributed by atoms with Crippen LogP contribution in [-0.4, -0.2) is 0 Å². The van der Waals surface area contributed by atoms with E-state index < -0.39 is 0 Å². The van der Waals surface area contributed by atoms with Crippen molar-refractivity contribution in [2.75, 3.05) is 0 Å².